The summed E-state index contributed by atoms with van der Waals surface area (Å²) < 4.78 is 0. The molecular weight excluding hydrogens is 1390 g/mol. The minimum atomic E-state index is -0.559. The van der Waals surface area contributed by atoms with Crippen molar-refractivity contribution in [3.05, 3.63) is 480 Å². The lowest BCUT2D eigenvalue weighted by Gasteiger charge is -2.34. The number of fused-ring (bicyclic) bond motifs is 6. The quantitative estimate of drug-likeness (QED) is 0.101. The van der Waals surface area contributed by atoms with Gasteiger partial charge < -0.3 is 0 Å². The van der Waals surface area contributed by atoms with Crippen LogP contribution in [0.1, 0.15) is 44.5 Å². The van der Waals surface area contributed by atoms with Crippen molar-refractivity contribution in [3.8, 4) is 135 Å². The molecule has 2 aliphatic rings. The molecule has 0 radical (unpaired) electrons. The molecule has 532 valence electrons. The van der Waals surface area contributed by atoms with Crippen molar-refractivity contribution in [2.24, 2.45) is 0 Å². The summed E-state index contributed by atoms with van der Waals surface area (Å²) in [6.07, 6.45) is 0. The summed E-state index contributed by atoms with van der Waals surface area (Å²) in [5.41, 5.74) is 28.6. The van der Waals surface area contributed by atoms with Crippen LogP contribution in [0.2, 0.25) is 0 Å². The number of rotatable bonds is 14. The van der Waals surface area contributed by atoms with Gasteiger partial charge >= 0.3 is 0 Å². The molecule has 0 amide bonds. The van der Waals surface area contributed by atoms with Crippen LogP contribution >= 0.6 is 0 Å². The highest BCUT2D eigenvalue weighted by atomic mass is 15.0. The van der Waals surface area contributed by atoms with Crippen LogP contribution in [0.3, 0.4) is 0 Å². The van der Waals surface area contributed by atoms with Crippen LogP contribution in [0.15, 0.2) is 413 Å². The highest BCUT2D eigenvalue weighted by Crippen LogP contribution is 2.59. The molecular formula is C106H68N8. The van der Waals surface area contributed by atoms with Crippen molar-refractivity contribution < 1.29 is 0 Å². The molecule has 18 aromatic rings. The summed E-state index contributed by atoms with van der Waals surface area (Å²) in [5.74, 6) is 3.73. The van der Waals surface area contributed by atoms with E-state index >= 15 is 0 Å². The second kappa shape index (κ2) is 29.8. The molecule has 0 saturated carbocycles. The third-order valence-electron chi connectivity index (χ3n) is 22.1. The van der Waals surface area contributed by atoms with Crippen molar-refractivity contribution in [2.45, 2.75) is 10.8 Å². The largest absolute Gasteiger partial charge is 0.238 e. The van der Waals surface area contributed by atoms with E-state index in [2.05, 4.69) is 325 Å². The average molecular weight is 1450 g/mol. The predicted octanol–water partition coefficient (Wildman–Crippen LogP) is 26.2. The van der Waals surface area contributed by atoms with E-state index in [-0.39, 0.29) is 0 Å². The Balaban J connectivity index is 0.000000153. The van der Waals surface area contributed by atoms with E-state index in [1.165, 1.54) is 50.1 Å². The molecule has 0 aliphatic heterocycles. The molecule has 2 aliphatic carbocycles. The predicted molar refractivity (Wildman–Crippen MR) is 461 cm³/mol. The monoisotopic (exact) mass is 1450 g/mol. The van der Waals surface area contributed by atoms with E-state index < -0.39 is 10.8 Å². The number of aromatic nitrogens is 6. The molecule has 16 aromatic carbocycles. The lowest BCUT2D eigenvalue weighted by atomic mass is 9.67. The van der Waals surface area contributed by atoms with Gasteiger partial charge in [-0.2, -0.15) is 0 Å². The van der Waals surface area contributed by atoms with E-state index in [4.69, 9.17) is 43.0 Å². The maximum absolute atomic E-state index is 7.81. The normalized spacial score (nSPS) is 12.3. The number of hydrogen-bond donors (Lipinski definition) is 0. The van der Waals surface area contributed by atoms with E-state index in [0.717, 1.165) is 94.6 Å². The molecule has 2 aromatic heterocycles. The Kier molecular flexibility index (Phi) is 18.1. The Morgan fingerprint density at radius 2 is 0.395 bits per heavy atom. The molecule has 0 fully saturated rings. The second-order valence-electron chi connectivity index (χ2n) is 28.6. The van der Waals surface area contributed by atoms with Gasteiger partial charge in [-0.05, 0) is 142 Å². The third-order valence-corrected chi connectivity index (χ3v) is 22.1. The highest BCUT2D eigenvalue weighted by molar-refractivity contribution is 5.92. The summed E-state index contributed by atoms with van der Waals surface area (Å²) in [5, 5.41) is 0. The van der Waals surface area contributed by atoms with Crippen molar-refractivity contribution in [3.63, 3.8) is 0 Å². The third kappa shape index (κ3) is 12.6. The minimum Gasteiger partial charge on any atom is -0.238 e. The highest BCUT2D eigenvalue weighted by Gasteiger charge is 2.48. The smallest absolute Gasteiger partial charge is 0.187 e. The molecule has 0 unspecified atom stereocenters. The fourth-order valence-corrected chi connectivity index (χ4v) is 16.7. The first kappa shape index (κ1) is 69.0. The van der Waals surface area contributed by atoms with Crippen molar-refractivity contribution in [1.82, 2.24) is 29.9 Å². The van der Waals surface area contributed by atoms with Crippen LogP contribution < -0.4 is 0 Å². The molecule has 8 nitrogen and oxygen atoms in total. The van der Waals surface area contributed by atoms with Crippen LogP contribution in [0, 0.1) is 13.1 Å². The summed E-state index contributed by atoms with van der Waals surface area (Å²) in [7, 11) is 0. The molecule has 114 heavy (non-hydrogen) atoms. The van der Waals surface area contributed by atoms with Crippen molar-refractivity contribution in [1.29, 1.82) is 0 Å². The van der Waals surface area contributed by atoms with Gasteiger partial charge in [0, 0.05) is 33.4 Å². The SMILES string of the molecule is [C-]#[N+]c1ccc2c(c1)-c1ccc(-c3ccc(-c4nc(-c5ccccc5)nc(-c5ccc(-c6ccccc6)cc5)n4)cc3)cc1C2(c1ccccc1)c1ccccc1.[C-]#[N+]c1ccc2c(c1)-c1ccc(-c3ccc(-c4nc(-c5ccccc5)nc(-c5cccc(-c6ccccc6)c5)n4)cc3)cc1C2(c1ccccc1)c1ccccc1. The number of hydrogen-bond acceptors (Lipinski definition) is 6. The molecule has 2 heterocycles. The van der Waals surface area contributed by atoms with Crippen molar-refractivity contribution >= 4 is 11.4 Å². The van der Waals surface area contributed by atoms with Gasteiger partial charge in [0.1, 0.15) is 0 Å². The molecule has 0 saturated heterocycles. The van der Waals surface area contributed by atoms with E-state index in [1.807, 2.05) is 97.1 Å². The maximum Gasteiger partial charge on any atom is 0.187 e. The van der Waals surface area contributed by atoms with E-state index in [9.17, 15) is 0 Å². The van der Waals surface area contributed by atoms with Crippen LogP contribution in [-0.4, -0.2) is 29.9 Å². The number of nitrogens with zero attached hydrogens (tertiary/aromatic N) is 8. The fraction of sp³-hybridized carbons (Fsp3) is 0.0189. The molecule has 0 atom stereocenters. The van der Waals surface area contributed by atoms with Gasteiger partial charge in [0.05, 0.1) is 24.0 Å². The first-order valence-corrected chi connectivity index (χ1v) is 38.1. The van der Waals surface area contributed by atoms with Crippen LogP contribution in [0.4, 0.5) is 11.4 Å². The van der Waals surface area contributed by atoms with Crippen LogP contribution in [0.5, 0.6) is 0 Å². The Morgan fingerprint density at radius 3 is 0.719 bits per heavy atom. The minimum absolute atomic E-state index is 0.557. The Bertz CT molecular complexity index is 6590. The zero-order valence-electron chi connectivity index (χ0n) is 61.8. The van der Waals surface area contributed by atoms with Gasteiger partial charge in [0.15, 0.2) is 46.3 Å². The maximum atomic E-state index is 7.81. The Hall–Kier alpha value is -15.5. The van der Waals surface area contributed by atoms with Gasteiger partial charge in [-0.3, -0.25) is 0 Å². The molecule has 0 N–H and O–H groups in total. The summed E-state index contributed by atoms with van der Waals surface area (Å²) in [4.78, 5) is 37.7. The van der Waals surface area contributed by atoms with Crippen LogP contribution in [-0.2, 0) is 10.8 Å². The standard InChI is InChI=1S/2C53H34N4/c1-54-45-30-32-48-47(35-45)46-31-29-41(34-49(46)53(48,43-21-10-4-11-22-43)44-23-12-5-13-24-44)37-25-27-39(28-26-37)51-55-50(38-17-8-3-9-18-38)56-52(57-51)42-20-14-19-40(33-42)36-15-6-2-7-16-36;1-54-45-31-33-48-47(35-45)46-32-30-42(34-49(46)53(48,43-18-10-4-11-19-43)44-20-12-5-13-21-44)38-24-28-41(29-25-38)52-56-50(39-16-8-3-9-17-39)55-51(57-52)40-26-22-37(23-27-40)36-14-6-2-7-15-36/h2*2-35H. The fourth-order valence-electron chi connectivity index (χ4n) is 16.7. The summed E-state index contributed by atoms with van der Waals surface area (Å²) in [6.45, 7) is 15.6. The van der Waals surface area contributed by atoms with E-state index in [1.54, 1.807) is 0 Å². The van der Waals surface area contributed by atoms with Gasteiger partial charge in [-0.25, -0.2) is 39.6 Å². The summed E-state index contributed by atoms with van der Waals surface area (Å²) >= 11 is 0. The molecule has 20 rings (SSSR count). The van der Waals surface area contributed by atoms with Gasteiger partial charge in [0.25, 0.3) is 0 Å². The van der Waals surface area contributed by atoms with Gasteiger partial charge in [-0.1, -0.05) is 382 Å². The average Bonchev–Trinajstić information content (AvgIpc) is 1.54. The number of benzene rings is 16. The lowest BCUT2D eigenvalue weighted by molar-refractivity contribution is 0.769. The molecule has 0 spiro atoms. The second-order valence-corrected chi connectivity index (χ2v) is 28.6. The van der Waals surface area contributed by atoms with Gasteiger partial charge in [0.2, 0.25) is 0 Å². The Morgan fingerprint density at radius 1 is 0.167 bits per heavy atom. The lowest BCUT2D eigenvalue weighted by Crippen LogP contribution is -2.28. The zero-order valence-corrected chi connectivity index (χ0v) is 61.8. The Labute approximate surface area is 662 Å². The summed E-state index contributed by atoms with van der Waals surface area (Å²) in [6, 6.07) is 144. The van der Waals surface area contributed by atoms with Gasteiger partial charge in [-0.15, -0.1) is 0 Å². The first-order chi connectivity index (χ1) is 56.4. The van der Waals surface area contributed by atoms with Crippen LogP contribution in [0.25, 0.3) is 145 Å². The topological polar surface area (TPSA) is 86.1 Å². The van der Waals surface area contributed by atoms with Crippen molar-refractivity contribution in [2.75, 3.05) is 0 Å². The zero-order chi connectivity index (χ0) is 76.4. The molecule has 8 heteroatoms. The first-order valence-electron chi connectivity index (χ1n) is 38.1. The molecule has 0 bridgehead atoms. The van der Waals surface area contributed by atoms with E-state index in [0.29, 0.717) is 46.3 Å².